The van der Waals surface area contributed by atoms with Crippen LogP contribution in [0, 0.1) is 12.8 Å². The molecule has 0 aliphatic carbocycles. The minimum atomic E-state index is 0.0825. The van der Waals surface area contributed by atoms with E-state index in [4.69, 9.17) is 0 Å². The van der Waals surface area contributed by atoms with Gasteiger partial charge in [-0.25, -0.2) is 0 Å². The summed E-state index contributed by atoms with van der Waals surface area (Å²) >= 11 is 0. The third-order valence-corrected chi connectivity index (χ3v) is 1.64. The summed E-state index contributed by atoms with van der Waals surface area (Å²) in [5.41, 5.74) is 0. The number of hydrogen-bond acceptors (Lipinski definition) is 1. The van der Waals surface area contributed by atoms with Crippen molar-refractivity contribution in [1.29, 1.82) is 0 Å². The summed E-state index contributed by atoms with van der Waals surface area (Å²) in [5.74, 6) is 0.272. The van der Waals surface area contributed by atoms with Crippen LogP contribution in [-0.2, 0) is 4.79 Å². The molecule has 0 saturated carbocycles. The summed E-state index contributed by atoms with van der Waals surface area (Å²) < 4.78 is 0. The van der Waals surface area contributed by atoms with E-state index in [2.05, 4.69) is 6.92 Å². The normalized spacial score (nSPS) is 10.8. The lowest BCUT2D eigenvalue weighted by atomic mass is 10.1. The predicted octanol–water partition coefficient (Wildman–Crippen LogP) is 1.71. The van der Waals surface area contributed by atoms with Crippen LogP contribution in [0.3, 0.4) is 0 Å². The summed E-state index contributed by atoms with van der Waals surface area (Å²) in [4.78, 5) is 13.2. The van der Waals surface area contributed by atoms with E-state index in [1.165, 1.54) is 0 Å². The zero-order valence-corrected chi connectivity index (χ0v) is 7.92. The number of hydrogen-bond donors (Lipinski definition) is 0. The largest absolute Gasteiger partial charge is 0.340 e. The standard InChI is InChI=1S/C9H18NO/c1-6-10(8(4)5)9(11)7(2)3/h7-8H,1,6H2,2-5H3. The third kappa shape index (κ3) is 2.91. The van der Waals surface area contributed by atoms with Crippen LogP contribution in [0.4, 0.5) is 0 Å². The van der Waals surface area contributed by atoms with Gasteiger partial charge in [-0.15, -0.1) is 0 Å². The highest BCUT2D eigenvalue weighted by molar-refractivity contribution is 5.78. The smallest absolute Gasteiger partial charge is 0.225 e. The van der Waals surface area contributed by atoms with E-state index < -0.39 is 0 Å². The Labute approximate surface area is 69.6 Å². The first-order valence-electron chi connectivity index (χ1n) is 4.10. The van der Waals surface area contributed by atoms with Crippen LogP contribution in [-0.4, -0.2) is 23.4 Å². The lowest BCUT2D eigenvalue weighted by molar-refractivity contribution is -0.135. The number of carbonyl (C=O) groups excluding carboxylic acids is 1. The maximum atomic E-state index is 11.4. The molecule has 1 amide bonds. The van der Waals surface area contributed by atoms with Gasteiger partial charge >= 0.3 is 0 Å². The lowest BCUT2D eigenvalue weighted by Crippen LogP contribution is -2.39. The van der Waals surface area contributed by atoms with E-state index in [0.717, 1.165) is 0 Å². The van der Waals surface area contributed by atoms with Crippen molar-refractivity contribution < 1.29 is 4.79 Å². The van der Waals surface area contributed by atoms with Crippen molar-refractivity contribution in [3.8, 4) is 0 Å². The highest BCUT2D eigenvalue weighted by Gasteiger charge is 2.17. The predicted molar refractivity (Wildman–Crippen MR) is 47.0 cm³/mol. The van der Waals surface area contributed by atoms with Crippen molar-refractivity contribution in [2.45, 2.75) is 33.7 Å². The Hall–Kier alpha value is -0.530. The van der Waals surface area contributed by atoms with Crippen LogP contribution in [0.5, 0.6) is 0 Å². The van der Waals surface area contributed by atoms with E-state index in [0.29, 0.717) is 6.54 Å². The van der Waals surface area contributed by atoms with Gasteiger partial charge in [0, 0.05) is 18.5 Å². The lowest BCUT2D eigenvalue weighted by Gasteiger charge is -2.26. The first-order chi connectivity index (χ1) is 5.00. The highest BCUT2D eigenvalue weighted by Crippen LogP contribution is 2.04. The maximum Gasteiger partial charge on any atom is 0.225 e. The molecule has 0 saturated heterocycles. The van der Waals surface area contributed by atoms with Crippen molar-refractivity contribution >= 4 is 5.91 Å². The summed E-state index contributed by atoms with van der Waals surface area (Å²) in [6.07, 6.45) is 0. The molecule has 0 spiro atoms. The molecule has 0 aliphatic rings. The molecule has 0 rings (SSSR count). The molecule has 0 N–H and O–H groups in total. The summed E-state index contributed by atoms with van der Waals surface area (Å²) in [6, 6.07) is 0.266. The molecule has 0 aromatic heterocycles. The van der Waals surface area contributed by atoms with Gasteiger partial charge in [-0.1, -0.05) is 13.8 Å². The summed E-state index contributed by atoms with van der Waals surface area (Å²) in [5, 5.41) is 0. The molecular weight excluding hydrogens is 138 g/mol. The first kappa shape index (κ1) is 10.5. The number of carbonyl (C=O) groups is 1. The minimum Gasteiger partial charge on any atom is -0.340 e. The van der Waals surface area contributed by atoms with Crippen molar-refractivity contribution in [2.24, 2.45) is 5.92 Å². The average molecular weight is 156 g/mol. The molecule has 0 aromatic rings. The van der Waals surface area contributed by atoms with Gasteiger partial charge in [-0.05, 0) is 20.8 Å². The fourth-order valence-corrected chi connectivity index (χ4v) is 0.955. The molecule has 11 heavy (non-hydrogen) atoms. The van der Waals surface area contributed by atoms with Gasteiger partial charge in [0.05, 0.1) is 0 Å². The molecule has 0 aliphatic heterocycles. The molecule has 0 atom stereocenters. The van der Waals surface area contributed by atoms with Gasteiger partial charge in [0.25, 0.3) is 0 Å². The fourth-order valence-electron chi connectivity index (χ4n) is 0.955. The van der Waals surface area contributed by atoms with Crippen LogP contribution in [0.2, 0.25) is 0 Å². The molecule has 2 nitrogen and oxygen atoms in total. The number of nitrogens with zero attached hydrogens (tertiary/aromatic N) is 1. The molecular formula is C9H18NO. The van der Waals surface area contributed by atoms with Gasteiger partial charge in [-0.2, -0.15) is 0 Å². The second kappa shape index (κ2) is 4.37. The van der Waals surface area contributed by atoms with Crippen LogP contribution < -0.4 is 0 Å². The van der Waals surface area contributed by atoms with E-state index >= 15 is 0 Å². The Morgan fingerprint density at radius 3 is 1.91 bits per heavy atom. The fraction of sp³-hybridized carbons (Fsp3) is 0.778. The van der Waals surface area contributed by atoms with E-state index in [9.17, 15) is 4.79 Å². The molecule has 1 radical (unpaired) electrons. The number of amides is 1. The van der Waals surface area contributed by atoms with E-state index in [-0.39, 0.29) is 17.9 Å². The molecule has 0 aromatic carbocycles. The van der Waals surface area contributed by atoms with Crippen molar-refractivity contribution in [3.63, 3.8) is 0 Å². The third-order valence-electron chi connectivity index (χ3n) is 1.64. The zero-order valence-electron chi connectivity index (χ0n) is 7.92. The minimum absolute atomic E-state index is 0.0825. The quantitative estimate of drug-likeness (QED) is 0.609. The Kier molecular flexibility index (Phi) is 4.16. The Morgan fingerprint density at radius 1 is 1.36 bits per heavy atom. The first-order valence-corrected chi connectivity index (χ1v) is 4.10. The van der Waals surface area contributed by atoms with Crippen LogP contribution in [0.1, 0.15) is 27.7 Å². The zero-order chi connectivity index (χ0) is 9.02. The van der Waals surface area contributed by atoms with Gasteiger partial charge < -0.3 is 4.90 Å². The SMILES string of the molecule is [CH2]CN(C(=O)C(C)C)C(C)C. The second-order valence-electron chi connectivity index (χ2n) is 3.28. The van der Waals surface area contributed by atoms with Gasteiger partial charge in [0.1, 0.15) is 0 Å². The molecule has 0 fully saturated rings. The molecule has 0 unspecified atom stereocenters. The van der Waals surface area contributed by atoms with Crippen molar-refractivity contribution in [2.75, 3.05) is 6.54 Å². The average Bonchev–Trinajstić information content (AvgIpc) is 1.88. The van der Waals surface area contributed by atoms with Gasteiger partial charge in [0.15, 0.2) is 0 Å². The summed E-state index contributed by atoms with van der Waals surface area (Å²) in [7, 11) is 0. The van der Waals surface area contributed by atoms with Crippen LogP contribution >= 0.6 is 0 Å². The molecule has 2 heteroatoms. The highest BCUT2D eigenvalue weighted by atomic mass is 16.2. The topological polar surface area (TPSA) is 20.3 Å². The maximum absolute atomic E-state index is 11.4. The van der Waals surface area contributed by atoms with Gasteiger partial charge in [-0.3, -0.25) is 4.79 Å². The van der Waals surface area contributed by atoms with E-state index in [1.54, 1.807) is 4.90 Å². The van der Waals surface area contributed by atoms with Crippen molar-refractivity contribution in [3.05, 3.63) is 6.92 Å². The summed E-state index contributed by atoms with van der Waals surface area (Å²) in [6.45, 7) is 12.1. The molecule has 0 heterocycles. The second-order valence-corrected chi connectivity index (χ2v) is 3.28. The monoisotopic (exact) mass is 156 g/mol. The van der Waals surface area contributed by atoms with Crippen LogP contribution in [0.25, 0.3) is 0 Å². The Balaban J connectivity index is 4.15. The van der Waals surface area contributed by atoms with E-state index in [1.807, 2.05) is 27.7 Å². The molecule has 65 valence electrons. The van der Waals surface area contributed by atoms with Crippen molar-refractivity contribution in [1.82, 2.24) is 4.90 Å². The van der Waals surface area contributed by atoms with Gasteiger partial charge in [0.2, 0.25) is 5.91 Å². The van der Waals surface area contributed by atoms with Crippen LogP contribution in [0.15, 0.2) is 0 Å². The number of rotatable bonds is 3. The Bertz CT molecular complexity index is 130. The molecule has 0 bridgehead atoms. The Morgan fingerprint density at radius 2 is 1.82 bits per heavy atom.